The lowest BCUT2D eigenvalue weighted by molar-refractivity contribution is -0.133. The molecule has 1 aromatic carbocycles. The average molecular weight is 323 g/mol. The van der Waals surface area contributed by atoms with Crippen LogP contribution >= 0.6 is 15.9 Å². The summed E-state index contributed by atoms with van der Waals surface area (Å²) in [6, 6.07) is 8.61. The van der Waals surface area contributed by atoms with E-state index in [0.717, 1.165) is 30.3 Å². The SMILES string of the molecule is NC[C@@H]1CCCN1C(=O)[C@H]1C[C@H]1c1ccc(Br)cc1. The molecule has 1 amide bonds. The lowest BCUT2D eigenvalue weighted by atomic mass is 10.1. The lowest BCUT2D eigenvalue weighted by Crippen LogP contribution is -2.40. The van der Waals surface area contributed by atoms with E-state index in [1.165, 1.54) is 5.56 Å². The highest BCUT2D eigenvalue weighted by atomic mass is 79.9. The molecule has 0 spiro atoms. The number of nitrogens with two attached hydrogens (primary N) is 1. The smallest absolute Gasteiger partial charge is 0.226 e. The molecule has 3 atom stereocenters. The third kappa shape index (κ3) is 2.56. The second-order valence-corrected chi connectivity index (χ2v) is 6.48. The molecule has 1 aliphatic heterocycles. The van der Waals surface area contributed by atoms with Gasteiger partial charge < -0.3 is 10.6 Å². The van der Waals surface area contributed by atoms with Gasteiger partial charge >= 0.3 is 0 Å². The topological polar surface area (TPSA) is 46.3 Å². The van der Waals surface area contributed by atoms with Crippen molar-refractivity contribution in [2.75, 3.05) is 13.1 Å². The van der Waals surface area contributed by atoms with Crippen molar-refractivity contribution >= 4 is 21.8 Å². The number of carbonyl (C=O) groups is 1. The molecule has 0 radical (unpaired) electrons. The van der Waals surface area contributed by atoms with Crippen LogP contribution in [0, 0.1) is 5.92 Å². The van der Waals surface area contributed by atoms with Gasteiger partial charge in [-0.1, -0.05) is 28.1 Å². The zero-order valence-electron chi connectivity index (χ0n) is 10.9. The molecular formula is C15H19BrN2O. The highest BCUT2D eigenvalue weighted by Crippen LogP contribution is 2.49. The predicted molar refractivity (Wildman–Crippen MR) is 78.8 cm³/mol. The number of rotatable bonds is 3. The van der Waals surface area contributed by atoms with E-state index in [4.69, 9.17) is 5.73 Å². The second-order valence-electron chi connectivity index (χ2n) is 5.56. The number of carbonyl (C=O) groups excluding carboxylic acids is 1. The summed E-state index contributed by atoms with van der Waals surface area (Å²) in [5, 5.41) is 0. The fraction of sp³-hybridized carbons (Fsp3) is 0.533. The van der Waals surface area contributed by atoms with Gasteiger partial charge in [-0.05, 0) is 42.9 Å². The van der Waals surface area contributed by atoms with Gasteiger partial charge in [0.15, 0.2) is 0 Å². The van der Waals surface area contributed by atoms with Gasteiger partial charge in [0.25, 0.3) is 0 Å². The van der Waals surface area contributed by atoms with E-state index in [9.17, 15) is 4.79 Å². The number of nitrogens with zero attached hydrogens (tertiary/aromatic N) is 1. The molecule has 102 valence electrons. The summed E-state index contributed by atoms with van der Waals surface area (Å²) >= 11 is 3.44. The van der Waals surface area contributed by atoms with Crippen LogP contribution in [0.25, 0.3) is 0 Å². The van der Waals surface area contributed by atoms with Crippen molar-refractivity contribution in [1.29, 1.82) is 0 Å². The van der Waals surface area contributed by atoms with E-state index >= 15 is 0 Å². The molecule has 0 unspecified atom stereocenters. The lowest BCUT2D eigenvalue weighted by Gasteiger charge is -2.23. The van der Waals surface area contributed by atoms with Crippen LogP contribution in [0.2, 0.25) is 0 Å². The Kier molecular flexibility index (Phi) is 3.63. The van der Waals surface area contributed by atoms with Crippen LogP contribution in [0.3, 0.4) is 0 Å². The van der Waals surface area contributed by atoms with Crippen molar-refractivity contribution in [3.05, 3.63) is 34.3 Å². The van der Waals surface area contributed by atoms with Gasteiger partial charge in [-0.3, -0.25) is 4.79 Å². The Balaban J connectivity index is 1.66. The van der Waals surface area contributed by atoms with Gasteiger partial charge in [0.05, 0.1) is 0 Å². The Bertz CT molecular complexity index is 474. The van der Waals surface area contributed by atoms with Crippen LogP contribution in [0.1, 0.15) is 30.7 Å². The molecule has 1 saturated heterocycles. The van der Waals surface area contributed by atoms with Crippen molar-refractivity contribution in [2.24, 2.45) is 11.7 Å². The molecular weight excluding hydrogens is 304 g/mol. The maximum absolute atomic E-state index is 12.5. The third-order valence-corrected chi connectivity index (χ3v) is 4.87. The molecule has 1 saturated carbocycles. The highest BCUT2D eigenvalue weighted by molar-refractivity contribution is 9.10. The molecule has 4 heteroatoms. The number of hydrogen-bond acceptors (Lipinski definition) is 2. The van der Waals surface area contributed by atoms with Crippen molar-refractivity contribution in [3.8, 4) is 0 Å². The Morgan fingerprint density at radius 3 is 2.79 bits per heavy atom. The van der Waals surface area contributed by atoms with Crippen molar-refractivity contribution in [1.82, 2.24) is 4.90 Å². The van der Waals surface area contributed by atoms with Gasteiger partial charge in [0.2, 0.25) is 5.91 Å². The minimum absolute atomic E-state index is 0.188. The van der Waals surface area contributed by atoms with Crippen molar-refractivity contribution in [3.63, 3.8) is 0 Å². The van der Waals surface area contributed by atoms with Crippen molar-refractivity contribution < 1.29 is 4.79 Å². The summed E-state index contributed by atoms with van der Waals surface area (Å²) in [5.74, 6) is 0.925. The van der Waals surface area contributed by atoms with E-state index in [2.05, 4.69) is 28.1 Å². The summed E-state index contributed by atoms with van der Waals surface area (Å²) in [5.41, 5.74) is 7.03. The van der Waals surface area contributed by atoms with E-state index in [-0.39, 0.29) is 12.0 Å². The molecule has 1 aliphatic carbocycles. The Labute approximate surface area is 122 Å². The maximum Gasteiger partial charge on any atom is 0.226 e. The summed E-state index contributed by atoms with van der Waals surface area (Å²) in [6.45, 7) is 1.49. The first-order valence-electron chi connectivity index (χ1n) is 6.96. The van der Waals surface area contributed by atoms with Gasteiger partial charge in [-0.2, -0.15) is 0 Å². The Morgan fingerprint density at radius 2 is 2.11 bits per heavy atom. The molecule has 19 heavy (non-hydrogen) atoms. The number of benzene rings is 1. The molecule has 2 fully saturated rings. The molecule has 1 aromatic rings. The fourth-order valence-corrected chi connectivity index (χ4v) is 3.39. The maximum atomic E-state index is 12.5. The fourth-order valence-electron chi connectivity index (χ4n) is 3.13. The molecule has 1 heterocycles. The Hall–Kier alpha value is -0.870. The van der Waals surface area contributed by atoms with Crippen LogP contribution < -0.4 is 5.73 Å². The van der Waals surface area contributed by atoms with Crippen molar-refractivity contribution in [2.45, 2.75) is 31.2 Å². The molecule has 3 rings (SSSR count). The van der Waals surface area contributed by atoms with Crippen LogP contribution in [-0.4, -0.2) is 29.9 Å². The first-order chi connectivity index (χ1) is 9.20. The molecule has 3 nitrogen and oxygen atoms in total. The largest absolute Gasteiger partial charge is 0.338 e. The van der Waals surface area contributed by atoms with E-state index in [0.29, 0.717) is 18.4 Å². The molecule has 2 aliphatic rings. The van der Waals surface area contributed by atoms with Gasteiger partial charge in [-0.25, -0.2) is 0 Å². The summed E-state index contributed by atoms with van der Waals surface area (Å²) < 4.78 is 1.09. The van der Waals surface area contributed by atoms with E-state index in [1.54, 1.807) is 0 Å². The average Bonchev–Trinajstić information content (AvgIpc) is 3.07. The summed E-state index contributed by atoms with van der Waals surface area (Å²) in [7, 11) is 0. The number of amides is 1. The van der Waals surface area contributed by atoms with Gasteiger partial charge in [0.1, 0.15) is 0 Å². The first-order valence-corrected chi connectivity index (χ1v) is 7.76. The van der Waals surface area contributed by atoms with E-state index in [1.807, 2.05) is 17.0 Å². The quantitative estimate of drug-likeness (QED) is 0.929. The van der Waals surface area contributed by atoms with Crippen LogP contribution in [0.4, 0.5) is 0 Å². The standard InChI is InChI=1S/C15H19BrN2O/c16-11-5-3-10(4-6-11)13-8-14(13)15(19)18-7-1-2-12(18)9-17/h3-6,12-14H,1-2,7-9,17H2/t12-,13-,14-/m0/s1. The monoisotopic (exact) mass is 322 g/mol. The number of likely N-dealkylation sites (tertiary alicyclic amines) is 1. The number of halogens is 1. The normalized spacial score (nSPS) is 29.6. The highest BCUT2D eigenvalue weighted by Gasteiger charge is 2.47. The van der Waals surface area contributed by atoms with Crippen LogP contribution in [0.15, 0.2) is 28.7 Å². The van der Waals surface area contributed by atoms with Crippen LogP contribution in [-0.2, 0) is 4.79 Å². The number of hydrogen-bond donors (Lipinski definition) is 1. The minimum Gasteiger partial charge on any atom is -0.338 e. The Morgan fingerprint density at radius 1 is 1.37 bits per heavy atom. The summed E-state index contributed by atoms with van der Waals surface area (Å²) in [4.78, 5) is 14.5. The minimum atomic E-state index is 0.188. The second kappa shape index (κ2) is 5.25. The van der Waals surface area contributed by atoms with E-state index < -0.39 is 0 Å². The molecule has 0 bridgehead atoms. The van der Waals surface area contributed by atoms with Gasteiger partial charge in [-0.15, -0.1) is 0 Å². The predicted octanol–water partition coefficient (Wildman–Crippen LogP) is 2.50. The zero-order chi connectivity index (χ0) is 13.4. The van der Waals surface area contributed by atoms with Gasteiger partial charge in [0, 0.05) is 29.5 Å². The zero-order valence-corrected chi connectivity index (χ0v) is 12.5. The summed E-state index contributed by atoms with van der Waals surface area (Å²) in [6.07, 6.45) is 3.16. The molecule has 2 N–H and O–H groups in total. The first kappa shape index (κ1) is 13.1. The molecule has 0 aromatic heterocycles. The van der Waals surface area contributed by atoms with Crippen LogP contribution in [0.5, 0.6) is 0 Å². The third-order valence-electron chi connectivity index (χ3n) is 4.34.